The molecule has 0 saturated carbocycles. The Labute approximate surface area is 131 Å². The Kier molecular flexibility index (Phi) is 4.66. The summed E-state index contributed by atoms with van der Waals surface area (Å²) in [6.07, 6.45) is 2.91. The maximum absolute atomic E-state index is 12.8. The molecule has 1 atom stereocenters. The van der Waals surface area contributed by atoms with Crippen LogP contribution in [-0.4, -0.2) is 30.8 Å². The van der Waals surface area contributed by atoms with Gasteiger partial charge < -0.3 is 5.73 Å². The van der Waals surface area contributed by atoms with Gasteiger partial charge in [-0.05, 0) is 37.5 Å². The summed E-state index contributed by atoms with van der Waals surface area (Å²) < 4.78 is 27.5. The molecule has 0 spiro atoms. The van der Waals surface area contributed by atoms with Gasteiger partial charge in [0, 0.05) is 13.1 Å². The second-order valence-corrected chi connectivity index (χ2v) is 9.99. The van der Waals surface area contributed by atoms with Crippen molar-refractivity contribution in [1.29, 1.82) is 0 Å². The van der Waals surface area contributed by atoms with Gasteiger partial charge in [-0.25, -0.2) is 13.4 Å². The molecule has 0 radical (unpaired) electrons. The molecule has 120 valence electrons. The van der Waals surface area contributed by atoms with Crippen molar-refractivity contribution in [2.24, 2.45) is 11.3 Å². The number of aromatic nitrogens is 1. The predicted molar refractivity (Wildman–Crippen MR) is 86.8 cm³/mol. The molecule has 1 aromatic heterocycles. The Balaban J connectivity index is 2.20. The van der Waals surface area contributed by atoms with Crippen molar-refractivity contribution in [3.8, 4) is 0 Å². The summed E-state index contributed by atoms with van der Waals surface area (Å²) in [5.74, 6) is 0.560. The number of nitrogens with zero attached hydrogens (tertiary/aromatic N) is 2. The van der Waals surface area contributed by atoms with Crippen molar-refractivity contribution in [3.63, 3.8) is 0 Å². The Morgan fingerprint density at radius 2 is 1.95 bits per heavy atom. The number of nitrogens with two attached hydrogens (primary N) is 1. The molecule has 7 heteroatoms. The fraction of sp³-hybridized carbons (Fsp3) is 0.786. The summed E-state index contributed by atoms with van der Waals surface area (Å²) in [6.45, 7) is 9.57. The summed E-state index contributed by atoms with van der Waals surface area (Å²) in [6, 6.07) is 0. The van der Waals surface area contributed by atoms with Gasteiger partial charge in [-0.1, -0.05) is 32.1 Å². The Morgan fingerprint density at radius 3 is 2.48 bits per heavy atom. The highest BCUT2D eigenvalue weighted by atomic mass is 32.2. The van der Waals surface area contributed by atoms with Crippen LogP contribution >= 0.6 is 11.3 Å². The molecule has 5 nitrogen and oxygen atoms in total. The molecule has 1 aliphatic heterocycles. The SMILES string of the molecule is Cc1nc(N)sc1S(=O)(=O)N1CCCC(C(C)(C)C)CC1. The van der Waals surface area contributed by atoms with Crippen LogP contribution < -0.4 is 5.73 Å². The van der Waals surface area contributed by atoms with Crippen molar-refractivity contribution in [2.75, 3.05) is 18.8 Å². The molecule has 1 aromatic rings. The van der Waals surface area contributed by atoms with Gasteiger partial charge in [-0.15, -0.1) is 0 Å². The summed E-state index contributed by atoms with van der Waals surface area (Å²) in [4.78, 5) is 4.04. The number of hydrogen-bond donors (Lipinski definition) is 1. The lowest BCUT2D eigenvalue weighted by atomic mass is 9.77. The Bertz CT molecular complexity index is 602. The lowest BCUT2D eigenvalue weighted by Crippen LogP contribution is -2.32. The third kappa shape index (κ3) is 3.57. The molecule has 0 aliphatic carbocycles. The van der Waals surface area contributed by atoms with Crippen LogP contribution in [0.2, 0.25) is 0 Å². The first-order valence-electron chi connectivity index (χ1n) is 7.35. The number of anilines is 1. The predicted octanol–water partition coefficient (Wildman–Crippen LogP) is 2.87. The van der Waals surface area contributed by atoms with E-state index >= 15 is 0 Å². The Hall–Kier alpha value is -0.660. The first-order chi connectivity index (χ1) is 9.62. The molecule has 2 rings (SSSR count). The van der Waals surface area contributed by atoms with Crippen LogP contribution in [0.5, 0.6) is 0 Å². The zero-order chi connectivity index (χ0) is 15.8. The van der Waals surface area contributed by atoms with E-state index in [4.69, 9.17) is 5.73 Å². The number of rotatable bonds is 2. The fourth-order valence-electron chi connectivity index (χ4n) is 2.94. The number of hydrogen-bond acceptors (Lipinski definition) is 5. The highest BCUT2D eigenvalue weighted by Crippen LogP contribution is 2.36. The smallest absolute Gasteiger partial charge is 0.254 e. The second kappa shape index (κ2) is 5.85. The molecule has 2 N–H and O–H groups in total. The fourth-order valence-corrected chi connectivity index (χ4v) is 5.86. The molecule has 0 amide bonds. The maximum Gasteiger partial charge on any atom is 0.254 e. The molecule has 2 heterocycles. The van der Waals surface area contributed by atoms with E-state index in [0.717, 1.165) is 30.6 Å². The van der Waals surface area contributed by atoms with Crippen molar-refractivity contribution in [3.05, 3.63) is 5.69 Å². The highest BCUT2D eigenvalue weighted by molar-refractivity contribution is 7.91. The van der Waals surface area contributed by atoms with Gasteiger partial charge in [0.15, 0.2) is 9.34 Å². The van der Waals surface area contributed by atoms with Gasteiger partial charge in [0.1, 0.15) is 0 Å². The minimum absolute atomic E-state index is 0.227. The second-order valence-electron chi connectivity index (χ2n) is 6.82. The van der Waals surface area contributed by atoms with Crippen LogP contribution in [0.3, 0.4) is 0 Å². The van der Waals surface area contributed by atoms with Gasteiger partial charge in [0.05, 0.1) is 5.69 Å². The van der Waals surface area contributed by atoms with Crippen LogP contribution in [0.15, 0.2) is 4.21 Å². The van der Waals surface area contributed by atoms with Crippen molar-refractivity contribution < 1.29 is 8.42 Å². The van der Waals surface area contributed by atoms with E-state index in [2.05, 4.69) is 25.8 Å². The van der Waals surface area contributed by atoms with Gasteiger partial charge in [0.25, 0.3) is 10.0 Å². The molecular weight excluding hydrogens is 306 g/mol. The van der Waals surface area contributed by atoms with Gasteiger partial charge in [-0.3, -0.25) is 0 Å². The number of nitrogen functional groups attached to an aromatic ring is 1. The molecule has 0 bridgehead atoms. The average molecular weight is 332 g/mol. The number of thiazole rings is 1. The summed E-state index contributed by atoms with van der Waals surface area (Å²) in [7, 11) is -3.45. The standard InChI is InChI=1S/C14H25N3O2S2/c1-10-12(20-13(15)16-10)21(18,19)17-8-5-6-11(7-9-17)14(2,3)4/h11H,5-9H2,1-4H3,(H2,15,16). The van der Waals surface area contributed by atoms with Crippen LogP contribution in [-0.2, 0) is 10.0 Å². The summed E-state index contributed by atoms with van der Waals surface area (Å²) in [5.41, 5.74) is 6.38. The summed E-state index contributed by atoms with van der Waals surface area (Å²) in [5, 5.41) is 0.313. The third-order valence-corrected chi connectivity index (χ3v) is 7.73. The van der Waals surface area contributed by atoms with Crippen molar-refractivity contribution in [1.82, 2.24) is 9.29 Å². The first kappa shape index (κ1) is 16.7. The third-order valence-electron chi connectivity index (χ3n) is 4.26. The minimum Gasteiger partial charge on any atom is -0.375 e. The largest absolute Gasteiger partial charge is 0.375 e. The molecule has 21 heavy (non-hydrogen) atoms. The topological polar surface area (TPSA) is 76.3 Å². The normalized spacial score (nSPS) is 22.2. The van der Waals surface area contributed by atoms with Gasteiger partial charge in [-0.2, -0.15) is 4.31 Å². The summed E-state index contributed by atoms with van der Waals surface area (Å²) >= 11 is 1.07. The number of aryl methyl sites for hydroxylation is 1. The van der Waals surface area contributed by atoms with E-state index in [0.29, 0.717) is 34.0 Å². The molecule has 0 aromatic carbocycles. The van der Waals surface area contributed by atoms with Gasteiger partial charge >= 0.3 is 0 Å². The lowest BCUT2D eigenvalue weighted by Gasteiger charge is -2.29. The van der Waals surface area contributed by atoms with Crippen LogP contribution in [0.1, 0.15) is 45.7 Å². The van der Waals surface area contributed by atoms with Crippen molar-refractivity contribution >= 4 is 26.5 Å². The van der Waals surface area contributed by atoms with E-state index < -0.39 is 10.0 Å². The quantitative estimate of drug-likeness (QED) is 0.904. The monoisotopic (exact) mass is 331 g/mol. The molecule has 1 fully saturated rings. The average Bonchev–Trinajstić information content (AvgIpc) is 2.59. The van der Waals surface area contributed by atoms with Crippen molar-refractivity contribution in [2.45, 2.75) is 51.2 Å². The Morgan fingerprint density at radius 1 is 1.29 bits per heavy atom. The molecule has 1 unspecified atom stereocenters. The van der Waals surface area contributed by atoms with E-state index in [1.807, 2.05) is 0 Å². The van der Waals surface area contributed by atoms with E-state index in [1.54, 1.807) is 11.2 Å². The minimum atomic E-state index is -3.45. The zero-order valence-electron chi connectivity index (χ0n) is 13.2. The van der Waals surface area contributed by atoms with E-state index in [9.17, 15) is 8.42 Å². The number of sulfonamides is 1. The molecule has 1 aliphatic rings. The molecular formula is C14H25N3O2S2. The highest BCUT2D eigenvalue weighted by Gasteiger charge is 2.33. The van der Waals surface area contributed by atoms with Gasteiger partial charge in [0.2, 0.25) is 0 Å². The zero-order valence-corrected chi connectivity index (χ0v) is 14.9. The molecule has 1 saturated heterocycles. The van der Waals surface area contributed by atoms with E-state index in [-0.39, 0.29) is 5.41 Å². The maximum atomic E-state index is 12.8. The lowest BCUT2D eigenvalue weighted by molar-refractivity contribution is 0.217. The van der Waals surface area contributed by atoms with Crippen LogP contribution in [0.4, 0.5) is 5.13 Å². The van der Waals surface area contributed by atoms with Crippen LogP contribution in [0, 0.1) is 18.3 Å². The van der Waals surface area contributed by atoms with E-state index in [1.165, 1.54) is 0 Å². The van der Waals surface area contributed by atoms with Crippen LogP contribution in [0.25, 0.3) is 0 Å². The first-order valence-corrected chi connectivity index (χ1v) is 9.61.